The molecule has 0 saturated carbocycles. The van der Waals surface area contributed by atoms with E-state index in [0.717, 1.165) is 6.08 Å². The number of rotatable bonds is 1. The van der Waals surface area contributed by atoms with E-state index in [-0.39, 0.29) is 0 Å². The van der Waals surface area contributed by atoms with Gasteiger partial charge in [0.05, 0.1) is 5.83 Å². The van der Waals surface area contributed by atoms with E-state index in [1.807, 2.05) is 0 Å². The molecule has 0 spiro atoms. The van der Waals surface area contributed by atoms with Crippen molar-refractivity contribution in [2.75, 3.05) is 6.67 Å². The molecule has 0 aliphatic rings. The molecular formula is C5H8F2O3. The van der Waals surface area contributed by atoms with Crippen molar-refractivity contribution in [2.45, 2.75) is 6.92 Å². The van der Waals surface area contributed by atoms with Gasteiger partial charge in [-0.05, 0) is 13.0 Å². The third-order valence-corrected chi connectivity index (χ3v) is 0.358. The zero-order valence-electron chi connectivity index (χ0n) is 5.34. The summed E-state index contributed by atoms with van der Waals surface area (Å²) in [4.78, 5) is 8.56. The molecule has 0 atom stereocenters. The summed E-state index contributed by atoms with van der Waals surface area (Å²) >= 11 is 0. The molecule has 0 bridgehead atoms. The first kappa shape index (κ1) is 11.6. The number of carbonyl (C=O) groups is 1. The van der Waals surface area contributed by atoms with Crippen LogP contribution in [0.2, 0.25) is 0 Å². The molecular weight excluding hydrogens is 146 g/mol. The van der Waals surface area contributed by atoms with Crippen LogP contribution in [0.25, 0.3) is 0 Å². The van der Waals surface area contributed by atoms with Crippen molar-refractivity contribution in [1.29, 1.82) is 0 Å². The fourth-order valence-electron chi connectivity index (χ4n) is 0.106. The molecule has 0 heterocycles. The summed E-state index contributed by atoms with van der Waals surface area (Å²) in [6.07, 6.45) is -0.958. The van der Waals surface area contributed by atoms with Crippen LogP contribution >= 0.6 is 0 Å². The quantitative estimate of drug-likeness (QED) is 0.607. The van der Waals surface area contributed by atoms with Gasteiger partial charge in [0.15, 0.2) is 0 Å². The minimum atomic E-state index is -1.83. The zero-order chi connectivity index (χ0) is 8.57. The maximum Gasteiger partial charge on any atom is 0.503 e. The summed E-state index contributed by atoms with van der Waals surface area (Å²) < 4.78 is 22.3. The van der Waals surface area contributed by atoms with Gasteiger partial charge in [0.25, 0.3) is 0 Å². The second-order valence-corrected chi connectivity index (χ2v) is 1.23. The molecule has 60 valence electrons. The number of hydrogen-bond acceptors (Lipinski definition) is 1. The Morgan fingerprint density at radius 3 is 1.90 bits per heavy atom. The van der Waals surface area contributed by atoms with E-state index in [1.54, 1.807) is 0 Å². The van der Waals surface area contributed by atoms with Crippen molar-refractivity contribution in [3.8, 4) is 0 Å². The third kappa shape index (κ3) is 67.7. The Labute approximate surface area is 56.6 Å². The number of alkyl halides is 1. The predicted octanol–water partition coefficient (Wildman–Crippen LogP) is 2.05. The Balaban J connectivity index is 0. The van der Waals surface area contributed by atoms with Crippen LogP contribution in [0.15, 0.2) is 11.9 Å². The highest BCUT2D eigenvalue weighted by Crippen LogP contribution is 1.89. The Morgan fingerprint density at radius 1 is 1.60 bits per heavy atom. The first-order chi connectivity index (χ1) is 4.50. The maximum atomic E-state index is 11.3. The average Bonchev–Trinajstić information content (AvgIpc) is 1.62. The fraction of sp³-hybridized carbons (Fsp3) is 0.400. The van der Waals surface area contributed by atoms with E-state index in [2.05, 4.69) is 0 Å². The van der Waals surface area contributed by atoms with Crippen LogP contribution in [0, 0.1) is 0 Å². The molecule has 0 unspecified atom stereocenters. The van der Waals surface area contributed by atoms with Gasteiger partial charge in [-0.15, -0.1) is 0 Å². The van der Waals surface area contributed by atoms with Crippen LogP contribution in [0.4, 0.5) is 13.6 Å². The van der Waals surface area contributed by atoms with Gasteiger partial charge < -0.3 is 10.2 Å². The molecule has 0 aromatic rings. The lowest BCUT2D eigenvalue weighted by atomic mass is 10.5. The standard InChI is InChI=1S/C4H6F2.CH2O3/c1-4(6)2-3-5;2-1(3)4/h2H,3H2,1H3;(H2,2,3,4). The largest absolute Gasteiger partial charge is 0.503 e. The molecule has 0 aromatic carbocycles. The van der Waals surface area contributed by atoms with Crippen molar-refractivity contribution in [1.82, 2.24) is 0 Å². The van der Waals surface area contributed by atoms with Crippen LogP contribution in [-0.2, 0) is 0 Å². The molecule has 5 heteroatoms. The first-order valence-corrected chi connectivity index (χ1v) is 2.30. The minimum absolute atomic E-state index is 0.461. The normalized spacial score (nSPS) is 9.70. The molecule has 10 heavy (non-hydrogen) atoms. The van der Waals surface area contributed by atoms with E-state index in [1.165, 1.54) is 6.92 Å². The molecule has 0 saturated heterocycles. The van der Waals surface area contributed by atoms with E-state index in [4.69, 9.17) is 15.0 Å². The summed E-state index contributed by atoms with van der Waals surface area (Å²) in [5.41, 5.74) is 0. The Hall–Kier alpha value is -1.13. The van der Waals surface area contributed by atoms with Crippen LogP contribution in [-0.4, -0.2) is 23.0 Å². The Morgan fingerprint density at radius 2 is 1.90 bits per heavy atom. The van der Waals surface area contributed by atoms with Gasteiger partial charge in [-0.25, -0.2) is 13.6 Å². The lowest BCUT2D eigenvalue weighted by Crippen LogP contribution is -1.81. The van der Waals surface area contributed by atoms with Crippen molar-refractivity contribution >= 4 is 6.16 Å². The molecule has 2 N–H and O–H groups in total. The van der Waals surface area contributed by atoms with E-state index in [0.29, 0.717) is 0 Å². The summed E-state index contributed by atoms with van der Waals surface area (Å²) in [7, 11) is 0. The number of carboxylic acid groups (broad SMARTS) is 2. The lowest BCUT2D eigenvalue weighted by Gasteiger charge is -1.73. The molecule has 0 aromatic heterocycles. The van der Waals surface area contributed by atoms with Gasteiger partial charge >= 0.3 is 6.16 Å². The predicted molar refractivity (Wildman–Crippen MR) is 31.5 cm³/mol. The van der Waals surface area contributed by atoms with Crippen LogP contribution in [0.3, 0.4) is 0 Å². The molecule has 0 fully saturated rings. The molecule has 0 radical (unpaired) electrons. The van der Waals surface area contributed by atoms with Crippen LogP contribution in [0.5, 0.6) is 0 Å². The Kier molecular flexibility index (Phi) is 9.16. The lowest BCUT2D eigenvalue weighted by molar-refractivity contribution is 0.137. The first-order valence-electron chi connectivity index (χ1n) is 2.30. The number of allylic oxidation sites excluding steroid dienone is 2. The van der Waals surface area contributed by atoms with E-state index >= 15 is 0 Å². The van der Waals surface area contributed by atoms with Gasteiger partial charge in [-0.3, -0.25) is 0 Å². The van der Waals surface area contributed by atoms with Gasteiger partial charge in [0.2, 0.25) is 0 Å². The number of hydrogen-bond donors (Lipinski definition) is 2. The van der Waals surface area contributed by atoms with E-state index < -0.39 is 18.7 Å². The van der Waals surface area contributed by atoms with Gasteiger partial charge in [-0.1, -0.05) is 0 Å². The van der Waals surface area contributed by atoms with Crippen LogP contribution < -0.4 is 0 Å². The second kappa shape index (κ2) is 7.87. The van der Waals surface area contributed by atoms with Gasteiger partial charge in [0, 0.05) is 0 Å². The molecule has 0 amide bonds. The van der Waals surface area contributed by atoms with Crippen molar-refractivity contribution < 1.29 is 23.8 Å². The average molecular weight is 154 g/mol. The SMILES string of the molecule is CC(F)=CCF.O=C(O)O. The minimum Gasteiger partial charge on any atom is -0.450 e. The van der Waals surface area contributed by atoms with Gasteiger partial charge in [-0.2, -0.15) is 0 Å². The molecule has 0 aliphatic carbocycles. The maximum absolute atomic E-state index is 11.3. The van der Waals surface area contributed by atoms with E-state index in [9.17, 15) is 8.78 Å². The summed E-state index contributed by atoms with van der Waals surface area (Å²) in [6.45, 7) is 0.502. The van der Waals surface area contributed by atoms with Crippen LogP contribution in [0.1, 0.15) is 6.92 Å². The molecule has 0 aliphatic heterocycles. The Bertz CT molecular complexity index is 114. The van der Waals surface area contributed by atoms with Crippen molar-refractivity contribution in [3.05, 3.63) is 11.9 Å². The summed E-state index contributed by atoms with van der Waals surface area (Å²) in [5, 5.41) is 13.9. The molecule has 3 nitrogen and oxygen atoms in total. The number of halogens is 2. The van der Waals surface area contributed by atoms with Gasteiger partial charge in [0.1, 0.15) is 6.67 Å². The monoisotopic (exact) mass is 154 g/mol. The second-order valence-electron chi connectivity index (χ2n) is 1.23. The smallest absolute Gasteiger partial charge is 0.450 e. The summed E-state index contributed by atoms with van der Waals surface area (Å²) in [5.74, 6) is -0.461. The highest BCUT2D eigenvalue weighted by molar-refractivity contribution is 5.53. The zero-order valence-corrected chi connectivity index (χ0v) is 5.34. The fourth-order valence-corrected chi connectivity index (χ4v) is 0.106. The topological polar surface area (TPSA) is 57.5 Å². The van der Waals surface area contributed by atoms with Crippen molar-refractivity contribution in [2.24, 2.45) is 0 Å². The highest BCUT2D eigenvalue weighted by atomic mass is 19.1. The summed E-state index contributed by atoms with van der Waals surface area (Å²) in [6, 6.07) is 0. The van der Waals surface area contributed by atoms with Crippen molar-refractivity contribution in [3.63, 3.8) is 0 Å². The third-order valence-electron chi connectivity index (χ3n) is 0.358. The highest BCUT2D eigenvalue weighted by Gasteiger charge is 1.75. The molecule has 0 rings (SSSR count).